The van der Waals surface area contributed by atoms with Gasteiger partial charge in [-0.15, -0.1) is 0 Å². The molecule has 0 saturated carbocycles. The Kier molecular flexibility index (Phi) is 4.86. The molecule has 26 heavy (non-hydrogen) atoms. The predicted molar refractivity (Wildman–Crippen MR) is 104 cm³/mol. The Labute approximate surface area is 155 Å². The van der Waals surface area contributed by atoms with Crippen LogP contribution in [0.1, 0.15) is 28.1 Å². The number of aryl methyl sites for hydroxylation is 2. The Bertz CT molecular complexity index is 1010. The van der Waals surface area contributed by atoms with Crippen LogP contribution in [-0.2, 0) is 6.54 Å². The van der Waals surface area contributed by atoms with Gasteiger partial charge in [-0.2, -0.15) is 10.4 Å². The van der Waals surface area contributed by atoms with Gasteiger partial charge >= 0.3 is 0 Å². The van der Waals surface area contributed by atoms with Gasteiger partial charge in [0, 0.05) is 16.8 Å². The molecule has 0 spiro atoms. The maximum atomic E-state index is 9.14. The van der Waals surface area contributed by atoms with E-state index in [1.165, 1.54) is 0 Å². The fourth-order valence-electron chi connectivity index (χ4n) is 3.30. The fourth-order valence-corrected chi connectivity index (χ4v) is 3.30. The van der Waals surface area contributed by atoms with Crippen LogP contribution < -0.4 is 10.2 Å². The molecule has 0 fully saturated rings. The first-order chi connectivity index (χ1) is 12.4. The van der Waals surface area contributed by atoms with E-state index in [-0.39, 0.29) is 0 Å². The number of nitrogens with zero attached hydrogens (tertiary/aromatic N) is 3. The topological polar surface area (TPSA) is 50.8 Å². The van der Waals surface area contributed by atoms with E-state index in [9.17, 15) is 0 Å². The van der Waals surface area contributed by atoms with E-state index in [0.29, 0.717) is 17.6 Å². The molecule has 128 valence electrons. The molecule has 0 aliphatic rings. The maximum absolute atomic E-state index is 9.14. The van der Waals surface area contributed by atoms with Crippen molar-refractivity contribution >= 4 is 13.3 Å². The monoisotopic (exact) mass is 341 g/mol. The molecule has 3 rings (SSSR count). The van der Waals surface area contributed by atoms with E-state index in [4.69, 9.17) is 22.9 Å². The van der Waals surface area contributed by atoms with Crippen LogP contribution in [0.25, 0.3) is 11.1 Å². The lowest BCUT2D eigenvalue weighted by Gasteiger charge is -2.11. The van der Waals surface area contributed by atoms with Gasteiger partial charge in [0.05, 0.1) is 31.0 Å². The summed E-state index contributed by atoms with van der Waals surface area (Å²) in [5.41, 5.74) is 7.54. The minimum absolute atomic E-state index is 0.580. The number of hydrogen-bond acceptors (Lipinski definition) is 3. The SMILES string of the molecule is [B]c1ccc(OC)c(Cn2nc(C)c(-c3ccc(C#N)c(C)c3)c2C)c1. The van der Waals surface area contributed by atoms with E-state index in [1.54, 1.807) is 7.11 Å². The van der Waals surface area contributed by atoms with Crippen LogP contribution in [0.5, 0.6) is 5.75 Å². The Morgan fingerprint density at radius 3 is 2.58 bits per heavy atom. The first-order valence-electron chi connectivity index (χ1n) is 8.42. The first kappa shape index (κ1) is 17.8. The highest BCUT2D eigenvalue weighted by Crippen LogP contribution is 2.29. The van der Waals surface area contributed by atoms with E-state index in [0.717, 1.165) is 39.4 Å². The van der Waals surface area contributed by atoms with Gasteiger partial charge in [0.2, 0.25) is 0 Å². The first-order valence-corrected chi connectivity index (χ1v) is 8.42. The molecular formula is C21H20BN3O. The average Bonchev–Trinajstić information content (AvgIpc) is 2.88. The molecule has 0 atom stereocenters. The molecule has 0 saturated heterocycles. The lowest BCUT2D eigenvalue weighted by molar-refractivity contribution is 0.407. The Morgan fingerprint density at radius 1 is 1.15 bits per heavy atom. The van der Waals surface area contributed by atoms with Crippen molar-refractivity contribution in [1.82, 2.24) is 9.78 Å². The van der Waals surface area contributed by atoms with Gasteiger partial charge in [-0.05, 0) is 50.1 Å². The fraction of sp³-hybridized carbons (Fsp3) is 0.238. The lowest BCUT2D eigenvalue weighted by atomic mass is 9.94. The van der Waals surface area contributed by atoms with Crippen LogP contribution in [0, 0.1) is 32.1 Å². The van der Waals surface area contributed by atoms with Gasteiger partial charge in [-0.1, -0.05) is 23.7 Å². The number of nitriles is 1. The van der Waals surface area contributed by atoms with Gasteiger partial charge in [0.25, 0.3) is 0 Å². The van der Waals surface area contributed by atoms with E-state index >= 15 is 0 Å². The number of aromatic nitrogens is 2. The number of ether oxygens (including phenoxy) is 1. The van der Waals surface area contributed by atoms with E-state index in [1.807, 2.05) is 54.9 Å². The van der Waals surface area contributed by atoms with Crippen molar-refractivity contribution in [2.75, 3.05) is 7.11 Å². The molecule has 0 N–H and O–H groups in total. The summed E-state index contributed by atoms with van der Waals surface area (Å²) in [5, 5.41) is 13.9. The minimum atomic E-state index is 0.580. The second-order valence-electron chi connectivity index (χ2n) is 6.42. The Morgan fingerprint density at radius 2 is 1.92 bits per heavy atom. The molecule has 0 amide bonds. The van der Waals surface area contributed by atoms with Gasteiger partial charge in [0.15, 0.2) is 0 Å². The number of benzene rings is 2. The minimum Gasteiger partial charge on any atom is -0.496 e. The van der Waals surface area contributed by atoms with Crippen LogP contribution in [0.3, 0.4) is 0 Å². The third kappa shape index (κ3) is 3.23. The zero-order valence-corrected chi connectivity index (χ0v) is 15.5. The number of rotatable bonds is 4. The Balaban J connectivity index is 2.03. The third-order valence-electron chi connectivity index (χ3n) is 4.64. The summed E-state index contributed by atoms with van der Waals surface area (Å²) in [6, 6.07) is 13.7. The summed E-state index contributed by atoms with van der Waals surface area (Å²) in [5.74, 6) is 0.794. The maximum Gasteiger partial charge on any atom is 0.123 e. The molecule has 1 aromatic heterocycles. The molecular weight excluding hydrogens is 321 g/mol. The normalized spacial score (nSPS) is 10.6. The highest BCUT2D eigenvalue weighted by molar-refractivity contribution is 6.32. The van der Waals surface area contributed by atoms with Crippen LogP contribution in [0.4, 0.5) is 0 Å². The summed E-state index contributed by atoms with van der Waals surface area (Å²) >= 11 is 0. The number of hydrogen-bond donors (Lipinski definition) is 0. The van der Waals surface area contributed by atoms with E-state index < -0.39 is 0 Å². The largest absolute Gasteiger partial charge is 0.496 e. The van der Waals surface area contributed by atoms with Crippen LogP contribution in [-0.4, -0.2) is 24.7 Å². The molecule has 4 nitrogen and oxygen atoms in total. The van der Waals surface area contributed by atoms with Crippen molar-refractivity contribution in [2.24, 2.45) is 0 Å². The van der Waals surface area contributed by atoms with Crippen molar-refractivity contribution in [3.05, 3.63) is 64.5 Å². The van der Waals surface area contributed by atoms with Gasteiger partial charge in [0.1, 0.15) is 13.6 Å². The van der Waals surface area contributed by atoms with Crippen molar-refractivity contribution < 1.29 is 4.74 Å². The lowest BCUT2D eigenvalue weighted by Crippen LogP contribution is -2.10. The summed E-state index contributed by atoms with van der Waals surface area (Å²) in [4.78, 5) is 0. The van der Waals surface area contributed by atoms with Crippen molar-refractivity contribution in [3.8, 4) is 22.9 Å². The van der Waals surface area contributed by atoms with Crippen molar-refractivity contribution in [3.63, 3.8) is 0 Å². The molecule has 2 radical (unpaired) electrons. The van der Waals surface area contributed by atoms with Crippen LogP contribution >= 0.6 is 0 Å². The molecule has 0 aliphatic carbocycles. The summed E-state index contributed by atoms with van der Waals surface area (Å²) < 4.78 is 7.42. The highest BCUT2D eigenvalue weighted by atomic mass is 16.5. The zero-order chi connectivity index (χ0) is 18.8. The van der Waals surface area contributed by atoms with Gasteiger partial charge in [-0.3, -0.25) is 4.68 Å². The van der Waals surface area contributed by atoms with Crippen molar-refractivity contribution in [2.45, 2.75) is 27.3 Å². The predicted octanol–water partition coefficient (Wildman–Crippen LogP) is 3.20. The molecule has 3 aromatic rings. The standard InChI is InChI=1S/C21H20BN3O/c1-13-9-16(5-6-17(13)11-23)21-14(2)24-25(15(21)3)12-18-10-19(22)7-8-20(18)26-4/h5-10H,12H2,1-4H3. The van der Waals surface area contributed by atoms with Crippen LogP contribution in [0.2, 0.25) is 0 Å². The smallest absolute Gasteiger partial charge is 0.123 e. The molecule has 0 aliphatic heterocycles. The Hall–Kier alpha value is -3.00. The summed E-state index contributed by atoms with van der Waals surface area (Å²) in [6.07, 6.45) is 0. The second kappa shape index (κ2) is 7.09. The zero-order valence-electron chi connectivity index (χ0n) is 15.5. The van der Waals surface area contributed by atoms with E-state index in [2.05, 4.69) is 13.0 Å². The molecule has 1 heterocycles. The van der Waals surface area contributed by atoms with Gasteiger partial charge < -0.3 is 4.74 Å². The number of methoxy groups -OCH3 is 1. The molecule has 2 aromatic carbocycles. The van der Waals surface area contributed by atoms with Crippen LogP contribution in [0.15, 0.2) is 36.4 Å². The average molecular weight is 341 g/mol. The van der Waals surface area contributed by atoms with Crippen molar-refractivity contribution in [1.29, 1.82) is 5.26 Å². The second-order valence-corrected chi connectivity index (χ2v) is 6.42. The van der Waals surface area contributed by atoms with Gasteiger partial charge in [-0.25, -0.2) is 0 Å². The summed E-state index contributed by atoms with van der Waals surface area (Å²) in [7, 11) is 7.59. The quantitative estimate of drug-likeness (QED) is 0.685. The molecule has 5 heteroatoms. The molecule has 0 unspecified atom stereocenters. The molecule has 0 bridgehead atoms. The third-order valence-corrected chi connectivity index (χ3v) is 4.64. The summed E-state index contributed by atoms with van der Waals surface area (Å²) in [6.45, 7) is 6.59. The highest BCUT2D eigenvalue weighted by Gasteiger charge is 2.15.